The Labute approximate surface area is 136 Å². The van der Waals surface area contributed by atoms with E-state index in [9.17, 15) is 0 Å². The van der Waals surface area contributed by atoms with Crippen LogP contribution in [-0.4, -0.2) is 15.0 Å². The predicted octanol–water partition coefficient (Wildman–Crippen LogP) is 5.06. The largest absolute Gasteiger partial charge is 0.255 e. The van der Waals surface area contributed by atoms with Crippen LogP contribution < -0.4 is 0 Å². The number of benzene rings is 1. The van der Waals surface area contributed by atoms with E-state index in [4.69, 9.17) is 9.97 Å². The number of rotatable bonds is 1. The molecule has 0 bridgehead atoms. The molecule has 0 aliphatic heterocycles. The Hall–Kier alpha value is -2.85. The van der Waals surface area contributed by atoms with Crippen molar-refractivity contribution in [1.82, 2.24) is 15.0 Å². The minimum absolute atomic E-state index is 0.877. The summed E-state index contributed by atoms with van der Waals surface area (Å²) in [4.78, 5) is 13.9. The molecule has 4 heterocycles. The minimum atomic E-state index is 0.877. The van der Waals surface area contributed by atoms with Crippen molar-refractivity contribution < 1.29 is 0 Å². The van der Waals surface area contributed by atoms with Crippen LogP contribution in [0.3, 0.4) is 0 Å². The van der Waals surface area contributed by atoms with Gasteiger partial charge in [0, 0.05) is 16.3 Å². The molecule has 23 heavy (non-hydrogen) atoms. The van der Waals surface area contributed by atoms with Crippen molar-refractivity contribution in [1.29, 1.82) is 0 Å². The van der Waals surface area contributed by atoms with Gasteiger partial charge in [0.1, 0.15) is 0 Å². The molecule has 1 aromatic carbocycles. The fourth-order valence-electron chi connectivity index (χ4n) is 2.83. The van der Waals surface area contributed by atoms with E-state index in [-0.39, 0.29) is 0 Å². The average molecular weight is 313 g/mol. The van der Waals surface area contributed by atoms with Crippen molar-refractivity contribution in [3.05, 3.63) is 66.9 Å². The molecule has 0 saturated carbocycles. The maximum Gasteiger partial charge on any atom is 0.0896 e. The Kier molecular flexibility index (Phi) is 2.66. The molecule has 108 valence electrons. The first-order chi connectivity index (χ1) is 11.4. The van der Waals surface area contributed by atoms with Crippen molar-refractivity contribution in [2.45, 2.75) is 0 Å². The first kappa shape index (κ1) is 12.7. The molecular formula is C19H11N3S. The zero-order valence-electron chi connectivity index (χ0n) is 12.1. The van der Waals surface area contributed by atoms with Gasteiger partial charge in [-0.3, -0.25) is 4.98 Å². The first-order valence-corrected chi connectivity index (χ1v) is 8.21. The molecule has 0 N–H and O–H groups in total. The lowest BCUT2D eigenvalue weighted by Gasteiger charge is -2.02. The number of pyridine rings is 3. The van der Waals surface area contributed by atoms with Gasteiger partial charge in [0.05, 0.1) is 32.6 Å². The van der Waals surface area contributed by atoms with E-state index in [0.29, 0.717) is 0 Å². The number of aromatic nitrogens is 3. The summed E-state index contributed by atoms with van der Waals surface area (Å²) in [6.07, 6.45) is 1.78. The second kappa shape index (κ2) is 4.83. The second-order valence-electron chi connectivity index (χ2n) is 5.38. The summed E-state index contributed by atoms with van der Waals surface area (Å²) in [5, 5.41) is 1.21. The highest BCUT2D eigenvalue weighted by atomic mass is 32.1. The van der Waals surface area contributed by atoms with Gasteiger partial charge < -0.3 is 0 Å². The maximum absolute atomic E-state index is 4.87. The van der Waals surface area contributed by atoms with E-state index in [0.717, 1.165) is 27.9 Å². The highest BCUT2D eigenvalue weighted by Crippen LogP contribution is 2.33. The highest BCUT2D eigenvalue weighted by molar-refractivity contribution is 7.25. The van der Waals surface area contributed by atoms with E-state index in [1.165, 1.54) is 14.8 Å². The molecule has 0 amide bonds. The van der Waals surface area contributed by atoms with Gasteiger partial charge in [-0.1, -0.05) is 18.2 Å². The van der Waals surface area contributed by atoms with Crippen LogP contribution in [0.1, 0.15) is 0 Å². The van der Waals surface area contributed by atoms with Crippen molar-refractivity contribution in [3.8, 4) is 11.4 Å². The van der Waals surface area contributed by atoms with E-state index >= 15 is 0 Å². The molecule has 5 aromatic rings. The van der Waals surface area contributed by atoms with Crippen LogP contribution in [0.15, 0.2) is 66.9 Å². The van der Waals surface area contributed by atoms with Crippen molar-refractivity contribution in [3.63, 3.8) is 0 Å². The molecule has 0 unspecified atom stereocenters. The zero-order chi connectivity index (χ0) is 15.2. The molecule has 0 fully saturated rings. The molecule has 4 heteroatoms. The first-order valence-electron chi connectivity index (χ1n) is 7.39. The normalized spacial score (nSPS) is 11.5. The quantitative estimate of drug-likeness (QED) is 0.434. The monoisotopic (exact) mass is 313 g/mol. The Morgan fingerprint density at radius 3 is 2.52 bits per heavy atom. The third-order valence-electron chi connectivity index (χ3n) is 3.94. The number of hydrogen-bond acceptors (Lipinski definition) is 4. The second-order valence-corrected chi connectivity index (χ2v) is 6.46. The Morgan fingerprint density at radius 2 is 1.52 bits per heavy atom. The summed E-state index contributed by atoms with van der Waals surface area (Å²) < 4.78 is 2.47. The number of nitrogens with zero attached hydrogens (tertiary/aromatic N) is 3. The summed E-state index contributed by atoms with van der Waals surface area (Å²) in [5.74, 6) is 0. The molecule has 5 rings (SSSR count). The van der Waals surface area contributed by atoms with Gasteiger partial charge in [0.25, 0.3) is 0 Å². The zero-order valence-corrected chi connectivity index (χ0v) is 12.9. The maximum atomic E-state index is 4.87. The highest BCUT2D eigenvalue weighted by Gasteiger charge is 2.09. The third-order valence-corrected chi connectivity index (χ3v) is 5.06. The SMILES string of the molecule is c1cnc2ccc(-c3ccc4sc5ccccc5c4n3)nc2c1. The fourth-order valence-corrected chi connectivity index (χ4v) is 3.88. The lowest BCUT2D eigenvalue weighted by atomic mass is 10.2. The lowest BCUT2D eigenvalue weighted by Crippen LogP contribution is -1.89. The predicted molar refractivity (Wildman–Crippen MR) is 95.7 cm³/mol. The van der Waals surface area contributed by atoms with Gasteiger partial charge in [-0.05, 0) is 42.5 Å². The van der Waals surface area contributed by atoms with Gasteiger partial charge in [-0.25, -0.2) is 9.97 Å². The molecule has 0 saturated heterocycles. The smallest absolute Gasteiger partial charge is 0.0896 e. The summed E-state index contributed by atoms with van der Waals surface area (Å²) >= 11 is 1.78. The topological polar surface area (TPSA) is 38.7 Å². The van der Waals surface area contributed by atoms with Crippen LogP contribution in [0, 0.1) is 0 Å². The van der Waals surface area contributed by atoms with Crippen LogP contribution in [-0.2, 0) is 0 Å². The van der Waals surface area contributed by atoms with Crippen molar-refractivity contribution >= 4 is 42.7 Å². The van der Waals surface area contributed by atoms with Crippen LogP contribution in [0.5, 0.6) is 0 Å². The van der Waals surface area contributed by atoms with Gasteiger partial charge in [-0.15, -0.1) is 11.3 Å². The Balaban J connectivity index is 1.76. The molecule has 4 aromatic heterocycles. The summed E-state index contributed by atoms with van der Waals surface area (Å²) in [6.45, 7) is 0. The Morgan fingerprint density at radius 1 is 0.652 bits per heavy atom. The minimum Gasteiger partial charge on any atom is -0.255 e. The van der Waals surface area contributed by atoms with E-state index in [1.54, 1.807) is 17.5 Å². The van der Waals surface area contributed by atoms with Crippen LogP contribution >= 0.6 is 11.3 Å². The standard InChI is InChI=1S/C19H11N3S/c1-2-6-17-12(4-1)19-18(23-17)10-9-16(22-19)15-8-7-13-14(21-15)5-3-11-20-13/h1-11H. The fraction of sp³-hybridized carbons (Fsp3) is 0. The molecule has 0 atom stereocenters. The van der Waals surface area contributed by atoms with Gasteiger partial charge >= 0.3 is 0 Å². The number of hydrogen-bond donors (Lipinski definition) is 0. The summed E-state index contributed by atoms with van der Waals surface area (Å²) in [5.41, 5.74) is 4.62. The van der Waals surface area contributed by atoms with Crippen molar-refractivity contribution in [2.75, 3.05) is 0 Å². The Bertz CT molecular complexity index is 1180. The average Bonchev–Trinajstić information content (AvgIpc) is 2.99. The van der Waals surface area contributed by atoms with Crippen LogP contribution in [0.4, 0.5) is 0 Å². The van der Waals surface area contributed by atoms with E-state index < -0.39 is 0 Å². The molecule has 0 radical (unpaired) electrons. The van der Waals surface area contributed by atoms with Gasteiger partial charge in [0.15, 0.2) is 0 Å². The van der Waals surface area contributed by atoms with Crippen molar-refractivity contribution in [2.24, 2.45) is 0 Å². The lowest BCUT2D eigenvalue weighted by molar-refractivity contribution is 1.30. The van der Waals surface area contributed by atoms with Gasteiger partial charge in [0.2, 0.25) is 0 Å². The van der Waals surface area contributed by atoms with Crippen LogP contribution in [0.25, 0.3) is 42.7 Å². The molecule has 0 spiro atoms. The molecule has 0 aliphatic rings. The number of fused-ring (bicyclic) bond motifs is 4. The molecular weight excluding hydrogens is 302 g/mol. The number of thiophene rings is 1. The molecule has 0 aliphatic carbocycles. The summed E-state index contributed by atoms with van der Waals surface area (Å²) in [7, 11) is 0. The summed E-state index contributed by atoms with van der Waals surface area (Å²) in [6, 6.07) is 20.4. The molecule has 3 nitrogen and oxygen atoms in total. The van der Waals surface area contributed by atoms with E-state index in [2.05, 4.69) is 35.3 Å². The van der Waals surface area contributed by atoms with Gasteiger partial charge in [-0.2, -0.15) is 0 Å². The van der Waals surface area contributed by atoms with E-state index in [1.807, 2.05) is 30.3 Å². The third kappa shape index (κ3) is 1.99. The van der Waals surface area contributed by atoms with Crippen LogP contribution in [0.2, 0.25) is 0 Å².